The van der Waals surface area contributed by atoms with Crippen molar-refractivity contribution in [1.29, 1.82) is 0 Å². The van der Waals surface area contributed by atoms with Crippen LogP contribution in [0.15, 0.2) is 24.3 Å². The number of aryl methyl sites for hydroxylation is 3. The van der Waals surface area contributed by atoms with Crippen LogP contribution >= 0.6 is 11.6 Å². The van der Waals surface area contributed by atoms with Gasteiger partial charge >= 0.3 is 0 Å². The van der Waals surface area contributed by atoms with Crippen molar-refractivity contribution in [2.24, 2.45) is 0 Å². The lowest BCUT2D eigenvalue weighted by Gasteiger charge is -2.08. The minimum atomic E-state index is 0.443. The van der Waals surface area contributed by atoms with E-state index in [2.05, 4.69) is 24.2 Å². The summed E-state index contributed by atoms with van der Waals surface area (Å²) in [6.45, 7) is 7.33. The zero-order valence-corrected chi connectivity index (χ0v) is 12.4. The summed E-state index contributed by atoms with van der Waals surface area (Å²) < 4.78 is 7.67. The van der Waals surface area contributed by atoms with E-state index in [4.69, 9.17) is 16.3 Å². The van der Waals surface area contributed by atoms with Crippen LogP contribution in [-0.4, -0.2) is 9.78 Å². The van der Waals surface area contributed by atoms with E-state index in [9.17, 15) is 0 Å². The van der Waals surface area contributed by atoms with Gasteiger partial charge in [-0.2, -0.15) is 5.10 Å². The smallest absolute Gasteiger partial charge is 0.131 e. The first-order valence-corrected chi connectivity index (χ1v) is 6.97. The van der Waals surface area contributed by atoms with Gasteiger partial charge in [0.1, 0.15) is 12.4 Å². The number of halogens is 1. The summed E-state index contributed by atoms with van der Waals surface area (Å²) in [5.41, 5.74) is 3.09. The van der Waals surface area contributed by atoms with Crippen molar-refractivity contribution in [3.05, 3.63) is 46.2 Å². The molecule has 0 atom stereocenters. The van der Waals surface area contributed by atoms with Gasteiger partial charge < -0.3 is 4.74 Å². The Hall–Kier alpha value is -1.48. The number of nitrogens with zero attached hydrogens (tertiary/aromatic N) is 2. The first-order chi connectivity index (χ1) is 9.15. The SMILES string of the molecule is CCc1ccc(OCc2c(Cl)c(C)nn2CC)cc1. The van der Waals surface area contributed by atoms with Gasteiger partial charge in [0.15, 0.2) is 0 Å². The van der Waals surface area contributed by atoms with Crippen molar-refractivity contribution in [1.82, 2.24) is 9.78 Å². The molecule has 19 heavy (non-hydrogen) atoms. The molecule has 2 aromatic rings. The third-order valence-electron chi connectivity index (χ3n) is 3.16. The summed E-state index contributed by atoms with van der Waals surface area (Å²) in [5.74, 6) is 0.856. The molecule has 0 aliphatic carbocycles. The van der Waals surface area contributed by atoms with Gasteiger partial charge in [-0.1, -0.05) is 30.7 Å². The highest BCUT2D eigenvalue weighted by molar-refractivity contribution is 6.31. The van der Waals surface area contributed by atoms with Gasteiger partial charge in [-0.05, 0) is 38.0 Å². The summed E-state index contributed by atoms with van der Waals surface area (Å²) in [6.07, 6.45) is 1.04. The van der Waals surface area contributed by atoms with Crippen LogP contribution in [0.1, 0.15) is 30.8 Å². The largest absolute Gasteiger partial charge is 0.487 e. The highest BCUT2D eigenvalue weighted by Crippen LogP contribution is 2.22. The molecule has 0 aliphatic heterocycles. The summed E-state index contributed by atoms with van der Waals surface area (Å²) in [4.78, 5) is 0. The number of hydrogen-bond acceptors (Lipinski definition) is 2. The average Bonchev–Trinajstić information content (AvgIpc) is 2.72. The summed E-state index contributed by atoms with van der Waals surface area (Å²) in [5, 5.41) is 5.07. The second-order valence-electron chi connectivity index (χ2n) is 4.45. The molecule has 1 aromatic carbocycles. The molecule has 0 saturated heterocycles. The van der Waals surface area contributed by atoms with E-state index in [1.54, 1.807) is 0 Å². The van der Waals surface area contributed by atoms with Gasteiger partial charge in [-0.3, -0.25) is 4.68 Å². The maximum Gasteiger partial charge on any atom is 0.131 e. The van der Waals surface area contributed by atoms with Crippen LogP contribution in [0.4, 0.5) is 0 Å². The molecular formula is C15H19ClN2O. The fourth-order valence-corrected chi connectivity index (χ4v) is 2.17. The van der Waals surface area contributed by atoms with Crippen LogP contribution in [0, 0.1) is 6.92 Å². The molecule has 0 aliphatic rings. The van der Waals surface area contributed by atoms with Crippen LogP contribution in [-0.2, 0) is 19.6 Å². The van der Waals surface area contributed by atoms with E-state index in [-0.39, 0.29) is 0 Å². The molecule has 0 radical (unpaired) electrons. The predicted molar refractivity (Wildman–Crippen MR) is 77.8 cm³/mol. The Bertz CT molecular complexity index is 546. The van der Waals surface area contributed by atoms with Crippen LogP contribution in [0.25, 0.3) is 0 Å². The van der Waals surface area contributed by atoms with Crippen LogP contribution < -0.4 is 4.74 Å². The molecule has 1 aromatic heterocycles. The van der Waals surface area contributed by atoms with E-state index in [1.807, 2.05) is 30.7 Å². The number of benzene rings is 1. The zero-order valence-electron chi connectivity index (χ0n) is 11.6. The molecule has 4 heteroatoms. The second kappa shape index (κ2) is 6.11. The topological polar surface area (TPSA) is 27.1 Å². The third kappa shape index (κ3) is 3.10. The van der Waals surface area contributed by atoms with E-state index in [0.29, 0.717) is 11.6 Å². The maximum atomic E-state index is 6.24. The molecule has 0 saturated carbocycles. The summed E-state index contributed by atoms with van der Waals surface area (Å²) >= 11 is 6.24. The van der Waals surface area contributed by atoms with Crippen molar-refractivity contribution in [3.63, 3.8) is 0 Å². The average molecular weight is 279 g/mol. The first kappa shape index (κ1) is 13.9. The van der Waals surface area contributed by atoms with Gasteiger partial charge in [0.05, 0.1) is 16.4 Å². The Kier molecular flexibility index (Phi) is 4.48. The Morgan fingerprint density at radius 2 is 1.89 bits per heavy atom. The fourth-order valence-electron chi connectivity index (χ4n) is 1.98. The molecule has 0 spiro atoms. The minimum absolute atomic E-state index is 0.443. The fraction of sp³-hybridized carbons (Fsp3) is 0.400. The molecular weight excluding hydrogens is 260 g/mol. The Balaban J connectivity index is 2.09. The molecule has 0 N–H and O–H groups in total. The standard InChI is InChI=1S/C15H19ClN2O/c1-4-12-6-8-13(9-7-12)19-10-14-15(16)11(3)17-18(14)5-2/h6-9H,4-5,10H2,1-3H3. The van der Waals surface area contributed by atoms with Gasteiger partial charge in [0, 0.05) is 6.54 Å². The molecule has 1 heterocycles. The molecule has 102 valence electrons. The normalized spacial score (nSPS) is 10.7. The lowest BCUT2D eigenvalue weighted by molar-refractivity contribution is 0.292. The van der Waals surface area contributed by atoms with Crippen LogP contribution in [0.5, 0.6) is 5.75 Å². The van der Waals surface area contributed by atoms with Crippen molar-refractivity contribution in [3.8, 4) is 5.75 Å². The zero-order chi connectivity index (χ0) is 13.8. The number of ether oxygens (including phenoxy) is 1. The Morgan fingerprint density at radius 1 is 1.21 bits per heavy atom. The molecule has 3 nitrogen and oxygen atoms in total. The second-order valence-corrected chi connectivity index (χ2v) is 4.83. The van der Waals surface area contributed by atoms with E-state index in [0.717, 1.165) is 30.1 Å². The van der Waals surface area contributed by atoms with E-state index in [1.165, 1.54) is 5.56 Å². The monoisotopic (exact) mass is 278 g/mol. The number of hydrogen-bond donors (Lipinski definition) is 0. The first-order valence-electron chi connectivity index (χ1n) is 6.59. The number of rotatable bonds is 5. The summed E-state index contributed by atoms with van der Waals surface area (Å²) in [6, 6.07) is 8.15. The van der Waals surface area contributed by atoms with Gasteiger partial charge in [0.25, 0.3) is 0 Å². The van der Waals surface area contributed by atoms with Crippen molar-refractivity contribution >= 4 is 11.6 Å². The van der Waals surface area contributed by atoms with Gasteiger partial charge in [-0.25, -0.2) is 0 Å². The minimum Gasteiger partial charge on any atom is -0.487 e. The third-order valence-corrected chi connectivity index (χ3v) is 3.65. The Morgan fingerprint density at radius 3 is 2.47 bits per heavy atom. The quantitative estimate of drug-likeness (QED) is 0.826. The molecule has 0 fully saturated rings. The molecule has 0 bridgehead atoms. The highest BCUT2D eigenvalue weighted by Gasteiger charge is 2.12. The van der Waals surface area contributed by atoms with Gasteiger partial charge in [0.2, 0.25) is 0 Å². The van der Waals surface area contributed by atoms with E-state index >= 15 is 0 Å². The van der Waals surface area contributed by atoms with E-state index < -0.39 is 0 Å². The lowest BCUT2D eigenvalue weighted by atomic mass is 10.2. The van der Waals surface area contributed by atoms with Crippen molar-refractivity contribution < 1.29 is 4.74 Å². The maximum absolute atomic E-state index is 6.24. The van der Waals surface area contributed by atoms with Gasteiger partial charge in [-0.15, -0.1) is 0 Å². The van der Waals surface area contributed by atoms with Crippen LogP contribution in [0.2, 0.25) is 5.02 Å². The molecule has 0 amide bonds. The Labute approximate surface area is 119 Å². The van der Waals surface area contributed by atoms with Crippen molar-refractivity contribution in [2.75, 3.05) is 0 Å². The molecule has 0 unspecified atom stereocenters. The lowest BCUT2D eigenvalue weighted by Crippen LogP contribution is -2.06. The van der Waals surface area contributed by atoms with Crippen LogP contribution in [0.3, 0.4) is 0 Å². The summed E-state index contributed by atoms with van der Waals surface area (Å²) in [7, 11) is 0. The molecule has 2 rings (SSSR count). The highest BCUT2D eigenvalue weighted by atomic mass is 35.5. The van der Waals surface area contributed by atoms with Crippen molar-refractivity contribution in [2.45, 2.75) is 40.3 Å². The predicted octanol–water partition coefficient (Wildman–Crippen LogP) is 4.01. The number of aromatic nitrogens is 2.